The van der Waals surface area contributed by atoms with E-state index in [0.29, 0.717) is 16.6 Å². The lowest BCUT2D eigenvalue weighted by Gasteiger charge is -2.11. The van der Waals surface area contributed by atoms with Crippen molar-refractivity contribution in [3.8, 4) is 23.0 Å². The summed E-state index contributed by atoms with van der Waals surface area (Å²) >= 11 is 6.14. The molecule has 0 amide bonds. The number of para-hydroxylation sites is 1. The summed E-state index contributed by atoms with van der Waals surface area (Å²) in [4.78, 5) is 20.8. The van der Waals surface area contributed by atoms with E-state index in [1.807, 2.05) is 30.3 Å². The quantitative estimate of drug-likeness (QED) is 0.618. The normalized spacial score (nSPS) is 10.3. The van der Waals surface area contributed by atoms with E-state index in [1.165, 1.54) is 6.20 Å². The van der Waals surface area contributed by atoms with E-state index in [0.717, 1.165) is 5.56 Å². The molecule has 1 aromatic heterocycles. The highest BCUT2D eigenvalue weighted by Gasteiger charge is 2.19. The predicted octanol–water partition coefficient (Wildman–Crippen LogP) is 4.77. The van der Waals surface area contributed by atoms with Gasteiger partial charge in [0.25, 0.3) is 0 Å². The summed E-state index contributed by atoms with van der Waals surface area (Å²) in [5, 5.41) is 0.414. The predicted molar refractivity (Wildman–Crippen MR) is 95.0 cm³/mol. The first-order valence-electron chi connectivity index (χ1n) is 7.71. The molecular formula is C19H15ClN2O3. The smallest absolute Gasteiger partial charge is 0.345 e. The summed E-state index contributed by atoms with van der Waals surface area (Å²) in [6.07, 6.45) is 1.40. The minimum Gasteiger partial charge on any atom is -0.462 e. The maximum atomic E-state index is 12.2. The van der Waals surface area contributed by atoms with Gasteiger partial charge in [0.1, 0.15) is 11.3 Å². The molecule has 0 spiro atoms. The second-order valence-corrected chi connectivity index (χ2v) is 5.44. The van der Waals surface area contributed by atoms with Gasteiger partial charge in [-0.25, -0.2) is 9.78 Å². The molecule has 6 heteroatoms. The molecule has 126 valence electrons. The zero-order valence-electron chi connectivity index (χ0n) is 13.5. The number of hydrogen-bond acceptors (Lipinski definition) is 5. The van der Waals surface area contributed by atoms with Gasteiger partial charge in [-0.05, 0) is 19.1 Å². The molecule has 0 bridgehead atoms. The van der Waals surface area contributed by atoms with Crippen LogP contribution in [0.25, 0.3) is 11.4 Å². The SMILES string of the molecule is CCOC(=O)c1cnc(-c2ccccc2)nc1Oc1ccccc1Cl. The van der Waals surface area contributed by atoms with Crippen LogP contribution in [0.15, 0.2) is 60.8 Å². The Morgan fingerprint density at radius 2 is 1.80 bits per heavy atom. The molecule has 0 atom stereocenters. The fourth-order valence-electron chi connectivity index (χ4n) is 2.15. The van der Waals surface area contributed by atoms with Crippen LogP contribution < -0.4 is 4.74 Å². The molecule has 1 heterocycles. The molecule has 0 aliphatic heterocycles. The fourth-order valence-corrected chi connectivity index (χ4v) is 2.33. The number of benzene rings is 2. The summed E-state index contributed by atoms with van der Waals surface area (Å²) < 4.78 is 10.8. The highest BCUT2D eigenvalue weighted by atomic mass is 35.5. The van der Waals surface area contributed by atoms with E-state index in [1.54, 1.807) is 31.2 Å². The summed E-state index contributed by atoms with van der Waals surface area (Å²) in [7, 11) is 0. The van der Waals surface area contributed by atoms with Gasteiger partial charge in [0.2, 0.25) is 5.88 Å². The lowest BCUT2D eigenvalue weighted by Crippen LogP contribution is -2.09. The van der Waals surface area contributed by atoms with Crippen molar-refractivity contribution in [1.82, 2.24) is 9.97 Å². The number of carbonyl (C=O) groups is 1. The van der Waals surface area contributed by atoms with Crippen LogP contribution in [0.4, 0.5) is 0 Å². The molecule has 0 unspecified atom stereocenters. The number of rotatable bonds is 5. The molecule has 3 aromatic rings. The highest BCUT2D eigenvalue weighted by Crippen LogP contribution is 2.31. The summed E-state index contributed by atoms with van der Waals surface area (Å²) in [5.74, 6) is 0.382. The second kappa shape index (κ2) is 7.77. The molecule has 0 aliphatic rings. The molecule has 3 rings (SSSR count). The number of carbonyl (C=O) groups excluding carboxylic acids is 1. The van der Waals surface area contributed by atoms with Crippen molar-refractivity contribution in [3.05, 3.63) is 71.4 Å². The molecule has 5 nitrogen and oxygen atoms in total. The average molecular weight is 355 g/mol. The second-order valence-electron chi connectivity index (χ2n) is 5.03. The maximum absolute atomic E-state index is 12.2. The van der Waals surface area contributed by atoms with Gasteiger partial charge in [0.05, 0.1) is 11.6 Å². The third-order valence-corrected chi connectivity index (χ3v) is 3.64. The van der Waals surface area contributed by atoms with Crippen LogP contribution in [0, 0.1) is 0 Å². The Balaban J connectivity index is 2.04. The first-order valence-corrected chi connectivity index (χ1v) is 8.08. The van der Waals surface area contributed by atoms with Gasteiger partial charge >= 0.3 is 5.97 Å². The van der Waals surface area contributed by atoms with E-state index in [2.05, 4.69) is 9.97 Å². The zero-order chi connectivity index (χ0) is 17.6. The zero-order valence-corrected chi connectivity index (χ0v) is 14.2. The van der Waals surface area contributed by atoms with Crippen LogP contribution in [0.3, 0.4) is 0 Å². The Morgan fingerprint density at radius 3 is 2.52 bits per heavy atom. The van der Waals surface area contributed by atoms with Crippen molar-refractivity contribution in [2.24, 2.45) is 0 Å². The largest absolute Gasteiger partial charge is 0.462 e. The van der Waals surface area contributed by atoms with Gasteiger partial charge in [-0.15, -0.1) is 0 Å². The first-order chi connectivity index (χ1) is 12.2. The first kappa shape index (κ1) is 16.9. The third-order valence-electron chi connectivity index (χ3n) is 3.32. The third kappa shape index (κ3) is 3.95. The van der Waals surface area contributed by atoms with Gasteiger partial charge in [-0.3, -0.25) is 0 Å². The summed E-state index contributed by atoms with van der Waals surface area (Å²) in [6, 6.07) is 16.4. The van der Waals surface area contributed by atoms with Gasteiger partial charge in [-0.1, -0.05) is 54.1 Å². The van der Waals surface area contributed by atoms with Crippen molar-refractivity contribution in [3.63, 3.8) is 0 Å². The van der Waals surface area contributed by atoms with E-state index >= 15 is 0 Å². The molecule has 0 saturated carbocycles. The number of aromatic nitrogens is 2. The fraction of sp³-hybridized carbons (Fsp3) is 0.105. The van der Waals surface area contributed by atoms with E-state index in [-0.39, 0.29) is 18.1 Å². The number of hydrogen-bond donors (Lipinski definition) is 0. The monoisotopic (exact) mass is 354 g/mol. The molecule has 0 fully saturated rings. The van der Waals surface area contributed by atoms with Crippen molar-refractivity contribution in [2.45, 2.75) is 6.92 Å². The highest BCUT2D eigenvalue weighted by molar-refractivity contribution is 6.32. The van der Waals surface area contributed by atoms with Crippen molar-refractivity contribution < 1.29 is 14.3 Å². The van der Waals surface area contributed by atoms with Crippen LogP contribution in [-0.2, 0) is 4.74 Å². The molecule has 0 radical (unpaired) electrons. The summed E-state index contributed by atoms with van der Waals surface area (Å²) in [5.41, 5.74) is 0.948. The van der Waals surface area contributed by atoms with E-state index in [4.69, 9.17) is 21.1 Å². The number of nitrogens with zero attached hydrogens (tertiary/aromatic N) is 2. The lowest BCUT2D eigenvalue weighted by molar-refractivity contribution is 0.0522. The van der Waals surface area contributed by atoms with Gasteiger partial charge < -0.3 is 9.47 Å². The standard InChI is InChI=1S/C19H15ClN2O3/c1-2-24-19(23)14-12-21-17(13-8-4-3-5-9-13)22-18(14)25-16-11-7-6-10-15(16)20/h3-12H,2H2,1H3. The number of halogens is 1. The van der Waals surface area contributed by atoms with Gasteiger partial charge in [-0.2, -0.15) is 4.98 Å². The molecule has 0 N–H and O–H groups in total. The van der Waals surface area contributed by atoms with E-state index < -0.39 is 5.97 Å². The van der Waals surface area contributed by atoms with Crippen molar-refractivity contribution in [1.29, 1.82) is 0 Å². The Bertz CT molecular complexity index is 885. The average Bonchev–Trinajstić information content (AvgIpc) is 2.64. The molecule has 2 aromatic carbocycles. The maximum Gasteiger partial charge on any atom is 0.345 e. The van der Waals surface area contributed by atoms with Crippen molar-refractivity contribution in [2.75, 3.05) is 6.61 Å². The Hall–Kier alpha value is -2.92. The topological polar surface area (TPSA) is 61.3 Å². The van der Waals surface area contributed by atoms with Crippen LogP contribution in [0.2, 0.25) is 5.02 Å². The van der Waals surface area contributed by atoms with Gasteiger partial charge in [0.15, 0.2) is 5.82 Å². The van der Waals surface area contributed by atoms with Crippen LogP contribution >= 0.6 is 11.6 Å². The van der Waals surface area contributed by atoms with Crippen LogP contribution in [0.1, 0.15) is 17.3 Å². The van der Waals surface area contributed by atoms with Crippen LogP contribution in [-0.4, -0.2) is 22.5 Å². The molecule has 25 heavy (non-hydrogen) atoms. The lowest BCUT2D eigenvalue weighted by atomic mass is 10.2. The molecule has 0 aliphatic carbocycles. The number of esters is 1. The van der Waals surface area contributed by atoms with E-state index in [9.17, 15) is 4.79 Å². The number of ether oxygens (including phenoxy) is 2. The molecular weight excluding hydrogens is 340 g/mol. The minimum absolute atomic E-state index is 0.0976. The van der Waals surface area contributed by atoms with Crippen molar-refractivity contribution >= 4 is 17.6 Å². The Morgan fingerprint density at radius 1 is 1.08 bits per heavy atom. The molecule has 0 saturated heterocycles. The summed E-state index contributed by atoms with van der Waals surface area (Å²) in [6.45, 7) is 1.97. The van der Waals surface area contributed by atoms with Gasteiger partial charge in [0, 0.05) is 11.8 Å². The van der Waals surface area contributed by atoms with Crippen LogP contribution in [0.5, 0.6) is 11.6 Å². The Kier molecular flexibility index (Phi) is 5.26. The Labute approximate surface area is 150 Å². The minimum atomic E-state index is -0.552.